The lowest BCUT2D eigenvalue weighted by Gasteiger charge is -2.12. The monoisotopic (exact) mass is 460 g/mol. The predicted molar refractivity (Wildman–Crippen MR) is 127 cm³/mol. The molecule has 1 aliphatic rings. The molecule has 0 aromatic heterocycles. The summed E-state index contributed by atoms with van der Waals surface area (Å²) >= 11 is 0.906. The summed E-state index contributed by atoms with van der Waals surface area (Å²) in [5.41, 5.74) is 3.45. The maximum Gasteiger partial charge on any atom is 0.293 e. The summed E-state index contributed by atoms with van der Waals surface area (Å²) in [6.45, 7) is 2.41. The smallest absolute Gasteiger partial charge is 0.293 e. The average molecular weight is 461 g/mol. The van der Waals surface area contributed by atoms with Gasteiger partial charge in [0.1, 0.15) is 12.4 Å². The fraction of sp³-hybridized carbons (Fsp3) is 0.120. The van der Waals surface area contributed by atoms with Gasteiger partial charge in [0.15, 0.2) is 0 Å². The molecule has 7 nitrogen and oxygen atoms in total. The van der Waals surface area contributed by atoms with E-state index in [0.717, 1.165) is 28.5 Å². The molecule has 0 atom stereocenters. The number of benzene rings is 3. The molecule has 1 aliphatic heterocycles. The van der Waals surface area contributed by atoms with Crippen LogP contribution in [0.3, 0.4) is 0 Å². The Bertz CT molecular complexity index is 1240. The standard InChI is InChI=1S/C25H20N2O5S/c1-17-6-8-18(9-7-17)15-26-24(28)23(33-25(26)29)14-20-4-2-3-5-22(20)32-16-19-10-12-21(13-11-19)27(30)31/h2-14H,15-16H2,1H3/b23-14-. The van der Waals surface area contributed by atoms with Crippen LogP contribution in [0.1, 0.15) is 22.3 Å². The second-order valence-corrected chi connectivity index (χ2v) is 8.50. The van der Waals surface area contributed by atoms with E-state index in [-0.39, 0.29) is 30.0 Å². The molecule has 0 unspecified atom stereocenters. The molecule has 8 heteroatoms. The first-order valence-corrected chi connectivity index (χ1v) is 11.0. The van der Waals surface area contributed by atoms with Crippen molar-refractivity contribution < 1.29 is 19.2 Å². The van der Waals surface area contributed by atoms with Crippen molar-refractivity contribution >= 4 is 34.7 Å². The molecule has 1 heterocycles. The number of rotatable bonds is 7. The quantitative estimate of drug-likeness (QED) is 0.255. The molecular weight excluding hydrogens is 440 g/mol. The molecule has 3 aromatic rings. The van der Waals surface area contributed by atoms with Crippen LogP contribution in [0.5, 0.6) is 5.75 Å². The second kappa shape index (κ2) is 9.70. The van der Waals surface area contributed by atoms with Gasteiger partial charge in [-0.05, 0) is 54.1 Å². The van der Waals surface area contributed by atoms with E-state index < -0.39 is 4.92 Å². The fourth-order valence-corrected chi connectivity index (χ4v) is 4.09. The molecule has 0 aliphatic carbocycles. The van der Waals surface area contributed by atoms with Crippen LogP contribution < -0.4 is 4.74 Å². The number of non-ortho nitro benzene ring substituents is 1. The van der Waals surface area contributed by atoms with Gasteiger partial charge in [-0.3, -0.25) is 24.6 Å². The third kappa shape index (κ3) is 5.30. The lowest BCUT2D eigenvalue weighted by atomic mass is 10.1. The van der Waals surface area contributed by atoms with Crippen LogP contribution in [0, 0.1) is 17.0 Å². The minimum absolute atomic E-state index is 0.0144. The minimum Gasteiger partial charge on any atom is -0.488 e. The molecule has 0 radical (unpaired) electrons. The number of carbonyl (C=O) groups is 2. The zero-order valence-electron chi connectivity index (χ0n) is 17.8. The highest BCUT2D eigenvalue weighted by atomic mass is 32.2. The lowest BCUT2D eigenvalue weighted by molar-refractivity contribution is -0.384. The number of thioether (sulfide) groups is 1. The lowest BCUT2D eigenvalue weighted by Crippen LogP contribution is -2.27. The predicted octanol–water partition coefficient (Wildman–Crippen LogP) is 5.72. The van der Waals surface area contributed by atoms with Gasteiger partial charge in [-0.2, -0.15) is 0 Å². The highest BCUT2D eigenvalue weighted by Gasteiger charge is 2.35. The first-order chi connectivity index (χ1) is 15.9. The van der Waals surface area contributed by atoms with Crippen molar-refractivity contribution in [2.45, 2.75) is 20.1 Å². The van der Waals surface area contributed by atoms with E-state index in [4.69, 9.17) is 4.74 Å². The number of carbonyl (C=O) groups excluding carboxylic acids is 2. The van der Waals surface area contributed by atoms with E-state index >= 15 is 0 Å². The zero-order valence-corrected chi connectivity index (χ0v) is 18.6. The van der Waals surface area contributed by atoms with Crippen LogP contribution >= 0.6 is 11.8 Å². The Hall–Kier alpha value is -3.91. The molecule has 2 amide bonds. The Morgan fingerprint density at radius 1 is 0.970 bits per heavy atom. The first kappa shape index (κ1) is 22.3. The van der Waals surface area contributed by atoms with E-state index in [0.29, 0.717) is 16.2 Å². The Morgan fingerprint density at radius 2 is 1.64 bits per heavy atom. The van der Waals surface area contributed by atoms with Crippen LogP contribution in [0.25, 0.3) is 6.08 Å². The minimum atomic E-state index is -0.453. The molecule has 1 fully saturated rings. The Labute approximate surface area is 194 Å². The van der Waals surface area contributed by atoms with Crippen LogP contribution in [-0.4, -0.2) is 21.0 Å². The molecule has 1 saturated heterocycles. The molecular formula is C25H20N2O5S. The van der Waals surface area contributed by atoms with E-state index in [1.807, 2.05) is 43.3 Å². The number of ether oxygens (including phenoxy) is 1. The topological polar surface area (TPSA) is 89.8 Å². The molecule has 0 saturated carbocycles. The van der Waals surface area contributed by atoms with Crippen molar-refractivity contribution in [3.05, 3.63) is 110 Å². The third-order valence-corrected chi connectivity index (χ3v) is 5.99. The van der Waals surface area contributed by atoms with Gasteiger partial charge in [0.25, 0.3) is 16.8 Å². The molecule has 3 aromatic carbocycles. The number of nitro benzene ring substituents is 1. The largest absolute Gasteiger partial charge is 0.488 e. The molecule has 0 bridgehead atoms. The summed E-state index contributed by atoms with van der Waals surface area (Å²) in [6.07, 6.45) is 1.66. The maximum atomic E-state index is 12.9. The Morgan fingerprint density at radius 3 is 2.33 bits per heavy atom. The summed E-state index contributed by atoms with van der Waals surface area (Å²) in [6, 6.07) is 21.0. The summed E-state index contributed by atoms with van der Waals surface area (Å²) in [5.74, 6) is 0.205. The SMILES string of the molecule is Cc1ccc(CN2C(=O)S/C(=C\c3ccccc3OCc3ccc([N+](=O)[O-])cc3)C2=O)cc1. The summed E-state index contributed by atoms with van der Waals surface area (Å²) in [7, 11) is 0. The summed E-state index contributed by atoms with van der Waals surface area (Å²) < 4.78 is 5.90. The first-order valence-electron chi connectivity index (χ1n) is 10.2. The van der Waals surface area contributed by atoms with E-state index in [1.165, 1.54) is 17.0 Å². The van der Waals surface area contributed by atoms with Gasteiger partial charge >= 0.3 is 0 Å². The van der Waals surface area contributed by atoms with Crippen molar-refractivity contribution in [1.29, 1.82) is 0 Å². The number of imide groups is 1. The van der Waals surface area contributed by atoms with Crippen molar-refractivity contribution in [2.24, 2.45) is 0 Å². The van der Waals surface area contributed by atoms with Crippen LogP contribution in [0.2, 0.25) is 0 Å². The maximum absolute atomic E-state index is 12.9. The number of aryl methyl sites for hydroxylation is 1. The number of nitrogens with zero attached hydrogens (tertiary/aromatic N) is 2. The van der Waals surface area contributed by atoms with Gasteiger partial charge in [0, 0.05) is 17.7 Å². The second-order valence-electron chi connectivity index (χ2n) is 7.50. The molecule has 166 valence electrons. The van der Waals surface area contributed by atoms with Crippen LogP contribution in [-0.2, 0) is 17.9 Å². The summed E-state index contributed by atoms with van der Waals surface area (Å²) in [4.78, 5) is 37.3. The Balaban J connectivity index is 1.48. The van der Waals surface area contributed by atoms with Gasteiger partial charge in [0.05, 0.1) is 16.4 Å². The molecule has 33 heavy (non-hydrogen) atoms. The van der Waals surface area contributed by atoms with Gasteiger partial charge in [-0.25, -0.2) is 0 Å². The number of para-hydroxylation sites is 1. The molecule has 0 N–H and O–H groups in total. The zero-order chi connectivity index (χ0) is 23.4. The average Bonchev–Trinajstić information content (AvgIpc) is 3.07. The number of hydrogen-bond donors (Lipinski definition) is 0. The highest BCUT2D eigenvalue weighted by Crippen LogP contribution is 2.35. The number of nitro groups is 1. The molecule has 4 rings (SSSR count). The third-order valence-electron chi connectivity index (χ3n) is 5.08. The van der Waals surface area contributed by atoms with Crippen molar-refractivity contribution in [3.8, 4) is 5.75 Å². The fourth-order valence-electron chi connectivity index (χ4n) is 3.26. The van der Waals surface area contributed by atoms with Gasteiger partial charge < -0.3 is 4.74 Å². The van der Waals surface area contributed by atoms with E-state index in [1.54, 1.807) is 30.3 Å². The van der Waals surface area contributed by atoms with Gasteiger partial charge in [-0.15, -0.1) is 0 Å². The highest BCUT2D eigenvalue weighted by molar-refractivity contribution is 8.18. The van der Waals surface area contributed by atoms with Crippen molar-refractivity contribution in [2.75, 3.05) is 0 Å². The van der Waals surface area contributed by atoms with Crippen LogP contribution in [0.4, 0.5) is 10.5 Å². The van der Waals surface area contributed by atoms with Crippen molar-refractivity contribution in [3.63, 3.8) is 0 Å². The number of amides is 2. The van der Waals surface area contributed by atoms with Crippen LogP contribution in [0.15, 0.2) is 77.7 Å². The van der Waals surface area contributed by atoms with Gasteiger partial charge in [-0.1, -0.05) is 48.0 Å². The van der Waals surface area contributed by atoms with Crippen molar-refractivity contribution in [1.82, 2.24) is 4.90 Å². The molecule has 0 spiro atoms. The number of hydrogen-bond acceptors (Lipinski definition) is 6. The summed E-state index contributed by atoms with van der Waals surface area (Å²) in [5, 5.41) is 10.5. The van der Waals surface area contributed by atoms with E-state index in [2.05, 4.69) is 0 Å². The van der Waals surface area contributed by atoms with Gasteiger partial charge in [0.2, 0.25) is 0 Å². The Kier molecular flexibility index (Phi) is 6.55. The normalized spacial score (nSPS) is 14.7. The van der Waals surface area contributed by atoms with E-state index in [9.17, 15) is 19.7 Å².